The van der Waals surface area contributed by atoms with Crippen LogP contribution in [0.5, 0.6) is 5.75 Å². The molecule has 0 bridgehead atoms. The van der Waals surface area contributed by atoms with Crippen LogP contribution in [-0.2, 0) is 9.59 Å². The molecule has 1 heterocycles. The molecule has 1 aliphatic heterocycles. The minimum Gasteiger partial charge on any atom is -0.495 e. The Balaban J connectivity index is 1.52. The molecule has 0 unspecified atom stereocenters. The highest BCUT2D eigenvalue weighted by Crippen LogP contribution is 2.28. The number of thioether (sulfide) groups is 1. The molecule has 2 amide bonds. The number of carbonyl (C=O) groups is 2. The largest absolute Gasteiger partial charge is 0.495 e. The topological polar surface area (TPSA) is 89.1 Å². The Labute approximate surface area is 175 Å². The number of nitrogens with one attached hydrogen (secondary N) is 2. The van der Waals surface area contributed by atoms with E-state index in [-0.39, 0.29) is 17.6 Å². The van der Waals surface area contributed by atoms with E-state index < -0.39 is 0 Å². The summed E-state index contributed by atoms with van der Waals surface area (Å²) in [5.41, 5.74) is 7.04. The first-order valence-corrected chi connectivity index (χ1v) is 10.6. The van der Waals surface area contributed by atoms with Gasteiger partial charge in [0.25, 0.3) is 5.91 Å². The number of para-hydroxylation sites is 3. The van der Waals surface area contributed by atoms with E-state index in [0.717, 1.165) is 48.2 Å². The van der Waals surface area contributed by atoms with Gasteiger partial charge in [0.1, 0.15) is 5.75 Å². The Morgan fingerprint density at radius 3 is 2.55 bits per heavy atom. The molecule has 4 N–H and O–H groups in total. The maximum atomic E-state index is 12.6. The van der Waals surface area contributed by atoms with Gasteiger partial charge in [-0.05, 0) is 24.3 Å². The minimum atomic E-state index is -0.381. The highest BCUT2D eigenvalue weighted by Gasteiger charge is 2.24. The van der Waals surface area contributed by atoms with E-state index in [1.165, 1.54) is 16.7 Å². The Morgan fingerprint density at radius 2 is 1.83 bits per heavy atom. The highest BCUT2D eigenvalue weighted by atomic mass is 32.2. The maximum Gasteiger partial charge on any atom is 0.279 e. The number of piperazine rings is 1. The average molecular weight is 416 g/mol. The van der Waals surface area contributed by atoms with Crippen LogP contribution in [0.25, 0.3) is 0 Å². The van der Waals surface area contributed by atoms with Gasteiger partial charge in [-0.15, -0.1) is 11.8 Å². The van der Waals surface area contributed by atoms with Crippen LogP contribution in [0.2, 0.25) is 0 Å². The number of quaternary nitrogens is 1. The third kappa shape index (κ3) is 5.88. The second-order valence-electron chi connectivity index (χ2n) is 6.88. The lowest BCUT2D eigenvalue weighted by Gasteiger charge is -2.34. The van der Waals surface area contributed by atoms with Crippen molar-refractivity contribution < 1.29 is 19.2 Å². The summed E-state index contributed by atoms with van der Waals surface area (Å²) in [5.74, 6) is 0.647. The van der Waals surface area contributed by atoms with Crippen LogP contribution in [0.4, 0.5) is 11.4 Å². The molecule has 2 aromatic carbocycles. The lowest BCUT2D eigenvalue weighted by molar-refractivity contribution is -0.892. The third-order valence-corrected chi connectivity index (χ3v) is 5.93. The molecule has 2 aromatic rings. The third-order valence-electron chi connectivity index (χ3n) is 4.84. The number of amides is 2. The zero-order valence-corrected chi connectivity index (χ0v) is 17.3. The molecular formula is C21H27N4O3S+. The molecule has 3 rings (SSSR count). The minimum absolute atomic E-state index is 0.0298. The van der Waals surface area contributed by atoms with Crippen molar-refractivity contribution in [1.29, 1.82) is 0 Å². The Hall–Kier alpha value is -2.71. The number of anilines is 2. The van der Waals surface area contributed by atoms with Gasteiger partial charge in [-0.25, -0.2) is 0 Å². The summed E-state index contributed by atoms with van der Waals surface area (Å²) in [6.07, 6.45) is 0. The average Bonchev–Trinajstić information content (AvgIpc) is 2.73. The number of ether oxygens (including phenoxy) is 1. The van der Waals surface area contributed by atoms with Crippen molar-refractivity contribution in [2.45, 2.75) is 4.90 Å². The van der Waals surface area contributed by atoms with Gasteiger partial charge < -0.3 is 25.6 Å². The van der Waals surface area contributed by atoms with Crippen molar-refractivity contribution in [2.75, 3.05) is 55.8 Å². The van der Waals surface area contributed by atoms with Gasteiger partial charge in [0.15, 0.2) is 6.54 Å². The quantitative estimate of drug-likeness (QED) is 0.550. The molecule has 7 nitrogen and oxygen atoms in total. The summed E-state index contributed by atoms with van der Waals surface area (Å²) in [6, 6.07) is 15.5. The first-order chi connectivity index (χ1) is 14.1. The molecule has 0 spiro atoms. The number of benzene rings is 2. The van der Waals surface area contributed by atoms with Gasteiger partial charge in [0, 0.05) is 4.90 Å². The van der Waals surface area contributed by atoms with E-state index in [1.54, 1.807) is 7.11 Å². The standard InChI is InChI=1S/C21H26N4O3S/c1-28-18-8-4-3-7-17(18)25-12-10-24(11-13-25)14-21(27)23-16-6-2-5-9-19(16)29-15-20(22)26/h2-9H,10-15H2,1H3,(H2,22,26)(H,23,27)/p+1. The van der Waals surface area contributed by atoms with Gasteiger partial charge in [-0.2, -0.15) is 0 Å². The number of nitrogens with two attached hydrogens (primary N) is 1. The molecule has 1 fully saturated rings. The zero-order chi connectivity index (χ0) is 20.6. The van der Waals surface area contributed by atoms with Crippen LogP contribution in [0.3, 0.4) is 0 Å². The van der Waals surface area contributed by atoms with Gasteiger partial charge in [0.2, 0.25) is 5.91 Å². The lowest BCUT2D eigenvalue weighted by Crippen LogP contribution is -3.15. The Morgan fingerprint density at radius 1 is 1.14 bits per heavy atom. The van der Waals surface area contributed by atoms with Crippen LogP contribution in [0.15, 0.2) is 53.4 Å². The highest BCUT2D eigenvalue weighted by molar-refractivity contribution is 8.00. The predicted molar refractivity (Wildman–Crippen MR) is 116 cm³/mol. The second kappa shape index (κ2) is 10.2. The van der Waals surface area contributed by atoms with Crippen molar-refractivity contribution in [3.05, 3.63) is 48.5 Å². The Bertz CT molecular complexity index is 853. The molecule has 0 radical (unpaired) electrons. The maximum absolute atomic E-state index is 12.6. The van der Waals surface area contributed by atoms with Crippen LogP contribution >= 0.6 is 11.8 Å². The van der Waals surface area contributed by atoms with E-state index in [9.17, 15) is 9.59 Å². The predicted octanol–water partition coefficient (Wildman–Crippen LogP) is 0.616. The molecule has 8 heteroatoms. The molecule has 154 valence electrons. The summed E-state index contributed by atoms with van der Waals surface area (Å²) in [4.78, 5) is 28.0. The summed E-state index contributed by atoms with van der Waals surface area (Å²) in [5, 5.41) is 2.98. The molecular weight excluding hydrogens is 388 g/mol. The number of carbonyl (C=O) groups excluding carboxylic acids is 2. The van der Waals surface area contributed by atoms with Crippen molar-refractivity contribution in [3.63, 3.8) is 0 Å². The monoisotopic (exact) mass is 415 g/mol. The van der Waals surface area contributed by atoms with Gasteiger partial charge in [-0.1, -0.05) is 24.3 Å². The number of methoxy groups -OCH3 is 1. The molecule has 1 saturated heterocycles. The van der Waals surface area contributed by atoms with E-state index in [4.69, 9.17) is 10.5 Å². The van der Waals surface area contributed by atoms with Crippen molar-refractivity contribution in [1.82, 2.24) is 0 Å². The van der Waals surface area contributed by atoms with E-state index >= 15 is 0 Å². The van der Waals surface area contributed by atoms with Crippen LogP contribution in [0, 0.1) is 0 Å². The SMILES string of the molecule is COc1ccccc1N1CC[NH+](CC(=O)Nc2ccccc2SCC(N)=O)CC1. The molecule has 29 heavy (non-hydrogen) atoms. The Kier molecular flexibility index (Phi) is 7.37. The lowest BCUT2D eigenvalue weighted by atomic mass is 10.2. The first-order valence-electron chi connectivity index (χ1n) is 9.58. The van der Waals surface area contributed by atoms with Gasteiger partial charge in [-0.3, -0.25) is 9.59 Å². The summed E-state index contributed by atoms with van der Waals surface area (Å²) in [6.45, 7) is 3.91. The fourth-order valence-electron chi connectivity index (χ4n) is 3.40. The fourth-order valence-corrected chi connectivity index (χ4v) is 4.14. The van der Waals surface area contributed by atoms with Gasteiger partial charge >= 0.3 is 0 Å². The zero-order valence-electron chi connectivity index (χ0n) is 16.5. The van der Waals surface area contributed by atoms with Crippen LogP contribution < -0.4 is 25.6 Å². The number of hydrogen-bond donors (Lipinski definition) is 3. The number of nitrogens with zero attached hydrogens (tertiary/aromatic N) is 1. The summed E-state index contributed by atoms with van der Waals surface area (Å²) < 4.78 is 5.46. The second-order valence-corrected chi connectivity index (χ2v) is 7.90. The van der Waals surface area contributed by atoms with Gasteiger partial charge in [0.05, 0.1) is 50.4 Å². The van der Waals surface area contributed by atoms with Crippen molar-refractivity contribution >= 4 is 35.0 Å². The fraction of sp³-hybridized carbons (Fsp3) is 0.333. The van der Waals surface area contributed by atoms with Crippen molar-refractivity contribution in [3.8, 4) is 5.75 Å². The molecule has 0 atom stereocenters. The van der Waals surface area contributed by atoms with E-state index in [1.807, 2.05) is 42.5 Å². The van der Waals surface area contributed by atoms with Crippen LogP contribution in [0.1, 0.15) is 0 Å². The van der Waals surface area contributed by atoms with E-state index in [0.29, 0.717) is 6.54 Å². The number of hydrogen-bond acceptors (Lipinski definition) is 5. The van der Waals surface area contributed by atoms with Crippen molar-refractivity contribution in [2.24, 2.45) is 5.73 Å². The molecule has 0 aromatic heterocycles. The molecule has 1 aliphatic rings. The molecule has 0 saturated carbocycles. The number of primary amides is 1. The van der Waals surface area contributed by atoms with Crippen LogP contribution in [-0.4, -0.2) is 57.4 Å². The summed E-state index contributed by atoms with van der Waals surface area (Å²) in [7, 11) is 1.68. The summed E-state index contributed by atoms with van der Waals surface area (Å²) >= 11 is 1.33. The first kappa shape index (κ1) is 21.0. The smallest absolute Gasteiger partial charge is 0.279 e. The number of rotatable bonds is 8. The molecule has 0 aliphatic carbocycles. The normalized spacial score (nSPS) is 14.4. The van der Waals surface area contributed by atoms with E-state index in [2.05, 4.69) is 16.3 Å².